The van der Waals surface area contributed by atoms with Crippen molar-refractivity contribution in [1.29, 1.82) is 0 Å². The second-order valence-corrected chi connectivity index (χ2v) is 6.30. The van der Waals surface area contributed by atoms with Crippen molar-refractivity contribution >= 4 is 21.4 Å². The van der Waals surface area contributed by atoms with Crippen LogP contribution in [0.1, 0.15) is 11.1 Å². The number of halogens is 1. The highest BCUT2D eigenvalue weighted by Gasteiger charge is 2.17. The van der Waals surface area contributed by atoms with Gasteiger partial charge in [-0.3, -0.25) is 4.72 Å². The number of sulfonamides is 1. The first-order chi connectivity index (χ1) is 9.28. The average Bonchev–Trinajstić information content (AvgIpc) is 2.25. The molecule has 0 saturated carbocycles. The molecule has 6 heteroatoms. The van der Waals surface area contributed by atoms with Crippen molar-refractivity contribution in [2.75, 3.05) is 10.5 Å². The summed E-state index contributed by atoms with van der Waals surface area (Å²) in [5.74, 6) is -0.594. The van der Waals surface area contributed by atoms with Gasteiger partial charge in [0.05, 0.1) is 10.6 Å². The Labute approximate surface area is 117 Å². The summed E-state index contributed by atoms with van der Waals surface area (Å²) in [5.41, 5.74) is 7.34. The number of nitrogens with one attached hydrogen (secondary N) is 1. The van der Waals surface area contributed by atoms with E-state index in [1.165, 1.54) is 12.1 Å². The topological polar surface area (TPSA) is 72.2 Å². The van der Waals surface area contributed by atoms with Crippen LogP contribution in [0.15, 0.2) is 41.3 Å². The molecular formula is C14H15FN2O2S. The fourth-order valence-corrected chi connectivity index (χ4v) is 3.25. The Balaban J connectivity index is 2.40. The van der Waals surface area contributed by atoms with E-state index in [2.05, 4.69) is 4.72 Å². The van der Waals surface area contributed by atoms with Gasteiger partial charge >= 0.3 is 0 Å². The van der Waals surface area contributed by atoms with Crippen molar-refractivity contribution in [1.82, 2.24) is 0 Å². The van der Waals surface area contributed by atoms with Gasteiger partial charge in [0.15, 0.2) is 0 Å². The van der Waals surface area contributed by atoms with Crippen molar-refractivity contribution in [3.8, 4) is 0 Å². The predicted molar refractivity (Wildman–Crippen MR) is 77.5 cm³/mol. The molecule has 0 heterocycles. The fourth-order valence-electron chi connectivity index (χ4n) is 1.98. The molecule has 0 aromatic heterocycles. The van der Waals surface area contributed by atoms with E-state index in [1.807, 2.05) is 6.92 Å². The van der Waals surface area contributed by atoms with Gasteiger partial charge in [-0.2, -0.15) is 0 Å². The molecule has 4 nitrogen and oxygen atoms in total. The third-order valence-electron chi connectivity index (χ3n) is 2.79. The maximum Gasteiger partial charge on any atom is 0.262 e. The minimum absolute atomic E-state index is 0.0995. The molecular weight excluding hydrogens is 279 g/mol. The Morgan fingerprint density at radius 2 is 1.80 bits per heavy atom. The molecule has 3 N–H and O–H groups in total. The van der Waals surface area contributed by atoms with Crippen LogP contribution in [0.5, 0.6) is 0 Å². The number of hydrogen-bond donors (Lipinski definition) is 2. The standard InChI is InChI=1S/C14H15FN2O2S/c1-9-3-4-14(10(2)5-9)20(18,19)17-13-7-11(15)6-12(16)8-13/h3-8,17H,16H2,1-2H3. The fraction of sp³-hybridized carbons (Fsp3) is 0.143. The van der Waals surface area contributed by atoms with Crippen LogP contribution in [-0.2, 0) is 10.0 Å². The summed E-state index contributed by atoms with van der Waals surface area (Å²) in [7, 11) is -3.77. The van der Waals surface area contributed by atoms with E-state index in [0.717, 1.165) is 17.7 Å². The molecule has 0 unspecified atom stereocenters. The van der Waals surface area contributed by atoms with Crippen molar-refractivity contribution in [2.45, 2.75) is 18.7 Å². The van der Waals surface area contributed by atoms with Gasteiger partial charge in [0.2, 0.25) is 0 Å². The van der Waals surface area contributed by atoms with Gasteiger partial charge < -0.3 is 5.73 Å². The molecule has 2 aromatic carbocycles. The van der Waals surface area contributed by atoms with E-state index < -0.39 is 15.8 Å². The molecule has 0 radical (unpaired) electrons. The van der Waals surface area contributed by atoms with Gasteiger partial charge in [-0.05, 0) is 43.7 Å². The lowest BCUT2D eigenvalue weighted by molar-refractivity contribution is 0.600. The molecule has 20 heavy (non-hydrogen) atoms. The minimum atomic E-state index is -3.77. The maximum atomic E-state index is 13.2. The summed E-state index contributed by atoms with van der Waals surface area (Å²) in [6.07, 6.45) is 0. The molecule has 0 amide bonds. The van der Waals surface area contributed by atoms with E-state index in [1.54, 1.807) is 19.1 Å². The van der Waals surface area contributed by atoms with E-state index in [4.69, 9.17) is 5.73 Å². The largest absolute Gasteiger partial charge is 0.399 e. The molecule has 0 fully saturated rings. The molecule has 0 aliphatic rings. The first-order valence-electron chi connectivity index (χ1n) is 5.94. The van der Waals surface area contributed by atoms with Crippen molar-refractivity contribution < 1.29 is 12.8 Å². The molecule has 0 saturated heterocycles. The highest BCUT2D eigenvalue weighted by Crippen LogP contribution is 2.22. The van der Waals surface area contributed by atoms with Crippen LogP contribution in [0.25, 0.3) is 0 Å². The van der Waals surface area contributed by atoms with Crippen LogP contribution in [0, 0.1) is 19.7 Å². The van der Waals surface area contributed by atoms with Gasteiger partial charge in [0.25, 0.3) is 10.0 Å². The quantitative estimate of drug-likeness (QED) is 0.855. The van der Waals surface area contributed by atoms with Crippen LogP contribution in [0.3, 0.4) is 0 Å². The van der Waals surface area contributed by atoms with Gasteiger partial charge in [0.1, 0.15) is 5.82 Å². The SMILES string of the molecule is Cc1ccc(S(=O)(=O)Nc2cc(N)cc(F)c2)c(C)c1. The Kier molecular flexibility index (Phi) is 3.67. The number of anilines is 2. The smallest absolute Gasteiger partial charge is 0.262 e. The zero-order chi connectivity index (χ0) is 14.9. The number of nitrogens with two attached hydrogens (primary N) is 1. The lowest BCUT2D eigenvalue weighted by Crippen LogP contribution is -2.14. The predicted octanol–water partition coefficient (Wildman–Crippen LogP) is 2.83. The van der Waals surface area contributed by atoms with Crippen molar-refractivity contribution in [3.05, 3.63) is 53.3 Å². The first kappa shape index (κ1) is 14.3. The van der Waals surface area contributed by atoms with Gasteiger partial charge in [-0.1, -0.05) is 17.7 Å². The summed E-state index contributed by atoms with van der Waals surface area (Å²) >= 11 is 0. The highest BCUT2D eigenvalue weighted by molar-refractivity contribution is 7.92. The molecule has 106 valence electrons. The van der Waals surface area contributed by atoms with Crippen molar-refractivity contribution in [3.63, 3.8) is 0 Å². The number of rotatable bonds is 3. The van der Waals surface area contributed by atoms with Crippen LogP contribution in [0.2, 0.25) is 0 Å². The summed E-state index contributed by atoms with van der Waals surface area (Å²) in [6, 6.07) is 8.57. The Morgan fingerprint density at radius 1 is 1.10 bits per heavy atom. The van der Waals surface area contributed by atoms with Crippen LogP contribution < -0.4 is 10.5 Å². The first-order valence-corrected chi connectivity index (χ1v) is 7.42. The number of hydrogen-bond acceptors (Lipinski definition) is 3. The summed E-state index contributed by atoms with van der Waals surface area (Å²) in [4.78, 5) is 0.158. The molecule has 2 aromatic rings. The highest BCUT2D eigenvalue weighted by atomic mass is 32.2. The van der Waals surface area contributed by atoms with Gasteiger partial charge in [-0.15, -0.1) is 0 Å². The zero-order valence-electron chi connectivity index (χ0n) is 11.1. The molecule has 0 atom stereocenters. The van der Waals surface area contributed by atoms with Gasteiger partial charge in [-0.25, -0.2) is 12.8 Å². The minimum Gasteiger partial charge on any atom is -0.399 e. The van der Waals surface area contributed by atoms with Gasteiger partial charge in [0, 0.05) is 5.69 Å². The zero-order valence-corrected chi connectivity index (χ0v) is 12.0. The molecule has 0 aliphatic carbocycles. The Hall–Kier alpha value is -2.08. The molecule has 0 bridgehead atoms. The Bertz CT molecular complexity index is 738. The molecule has 0 spiro atoms. The molecule has 2 rings (SSSR count). The van der Waals surface area contributed by atoms with Crippen LogP contribution in [-0.4, -0.2) is 8.42 Å². The van der Waals surface area contributed by atoms with Crippen LogP contribution >= 0.6 is 0 Å². The summed E-state index contributed by atoms with van der Waals surface area (Å²) in [6.45, 7) is 3.59. The van der Waals surface area contributed by atoms with E-state index in [0.29, 0.717) is 5.56 Å². The monoisotopic (exact) mass is 294 g/mol. The van der Waals surface area contributed by atoms with E-state index >= 15 is 0 Å². The molecule has 0 aliphatic heterocycles. The Morgan fingerprint density at radius 3 is 2.40 bits per heavy atom. The summed E-state index contributed by atoms with van der Waals surface area (Å²) < 4.78 is 40.1. The van der Waals surface area contributed by atoms with E-state index in [9.17, 15) is 12.8 Å². The second kappa shape index (κ2) is 5.13. The number of aryl methyl sites for hydroxylation is 2. The summed E-state index contributed by atoms with van der Waals surface area (Å²) in [5, 5.41) is 0. The average molecular weight is 294 g/mol. The van der Waals surface area contributed by atoms with E-state index in [-0.39, 0.29) is 16.3 Å². The third-order valence-corrected chi connectivity index (χ3v) is 4.33. The lowest BCUT2D eigenvalue weighted by atomic mass is 10.2. The lowest BCUT2D eigenvalue weighted by Gasteiger charge is -2.11. The number of nitrogen functional groups attached to an aromatic ring is 1. The second-order valence-electron chi connectivity index (χ2n) is 4.65. The third kappa shape index (κ3) is 3.08. The maximum absolute atomic E-state index is 13.2. The normalized spacial score (nSPS) is 11.3. The number of benzene rings is 2. The van der Waals surface area contributed by atoms with Crippen LogP contribution in [0.4, 0.5) is 15.8 Å². The van der Waals surface area contributed by atoms with Crippen molar-refractivity contribution in [2.24, 2.45) is 0 Å².